The second-order valence-corrected chi connectivity index (χ2v) is 6.60. The zero-order chi connectivity index (χ0) is 16.2. The zero-order valence-corrected chi connectivity index (χ0v) is 12.8. The lowest BCUT2D eigenvalue weighted by atomic mass is 10.1. The number of anilines is 1. The molecule has 0 aromatic heterocycles. The monoisotopic (exact) mass is 314 g/mol. The number of nitrogens with one attached hydrogen (secondary N) is 2. The van der Waals surface area contributed by atoms with Crippen LogP contribution in [0.5, 0.6) is 0 Å². The molecule has 3 N–H and O–H groups in total. The quantitative estimate of drug-likeness (QED) is 0.726. The molecule has 0 bridgehead atoms. The molecule has 0 heterocycles. The van der Waals surface area contributed by atoms with Gasteiger partial charge in [-0.25, -0.2) is 8.42 Å². The predicted molar refractivity (Wildman–Crippen MR) is 77.3 cm³/mol. The summed E-state index contributed by atoms with van der Waals surface area (Å²) in [7, 11) is -3.99. The van der Waals surface area contributed by atoms with E-state index in [-0.39, 0.29) is 10.8 Å². The Morgan fingerprint density at radius 1 is 1.24 bits per heavy atom. The summed E-state index contributed by atoms with van der Waals surface area (Å²) in [5.41, 5.74) is 0.321. The molecule has 0 radical (unpaired) electrons. The van der Waals surface area contributed by atoms with Crippen molar-refractivity contribution in [2.45, 2.75) is 31.7 Å². The number of hydrogen-bond acceptors (Lipinski definition) is 4. The summed E-state index contributed by atoms with van der Waals surface area (Å²) >= 11 is 0. The number of amides is 1. The smallest absolute Gasteiger partial charge is 0.322 e. The Labute approximate surface area is 123 Å². The number of carbonyl (C=O) groups excluding carboxylic acids is 1. The van der Waals surface area contributed by atoms with Crippen LogP contribution in [0.1, 0.15) is 20.8 Å². The Morgan fingerprint density at radius 2 is 1.86 bits per heavy atom. The van der Waals surface area contributed by atoms with E-state index >= 15 is 0 Å². The molecule has 0 fully saturated rings. The minimum atomic E-state index is -3.99. The van der Waals surface area contributed by atoms with Crippen LogP contribution in [0.4, 0.5) is 5.69 Å². The van der Waals surface area contributed by atoms with Gasteiger partial charge in [-0.15, -0.1) is 0 Å². The van der Waals surface area contributed by atoms with Crippen molar-refractivity contribution in [3.8, 4) is 0 Å². The van der Waals surface area contributed by atoms with Gasteiger partial charge in [0.05, 0.1) is 4.90 Å². The molecule has 116 valence electrons. The molecular weight excluding hydrogens is 296 g/mol. The zero-order valence-electron chi connectivity index (χ0n) is 12.0. The topological polar surface area (TPSA) is 113 Å². The number of sulfonamides is 1. The molecule has 1 amide bonds. The number of rotatable bonds is 6. The molecule has 0 aliphatic carbocycles. The number of aliphatic carboxylic acids is 1. The molecule has 1 aromatic rings. The average molecular weight is 314 g/mol. The van der Waals surface area contributed by atoms with Crippen molar-refractivity contribution in [3.63, 3.8) is 0 Å². The van der Waals surface area contributed by atoms with Crippen LogP contribution in [0.15, 0.2) is 29.2 Å². The van der Waals surface area contributed by atoms with E-state index in [1.165, 1.54) is 31.2 Å². The fourth-order valence-electron chi connectivity index (χ4n) is 1.65. The van der Waals surface area contributed by atoms with Crippen molar-refractivity contribution in [2.24, 2.45) is 5.92 Å². The van der Waals surface area contributed by atoms with Gasteiger partial charge >= 0.3 is 5.97 Å². The van der Waals surface area contributed by atoms with Crippen LogP contribution in [-0.2, 0) is 19.6 Å². The van der Waals surface area contributed by atoms with Crippen molar-refractivity contribution in [1.82, 2.24) is 4.72 Å². The third-order valence-corrected chi connectivity index (χ3v) is 4.12. The van der Waals surface area contributed by atoms with Gasteiger partial charge in [0.1, 0.15) is 6.04 Å². The summed E-state index contributed by atoms with van der Waals surface area (Å²) < 4.78 is 26.6. The first-order valence-electron chi connectivity index (χ1n) is 6.26. The summed E-state index contributed by atoms with van der Waals surface area (Å²) in [6, 6.07) is 4.37. The fourth-order valence-corrected chi connectivity index (χ4v) is 3.03. The molecule has 0 aliphatic rings. The number of hydrogen-bond donors (Lipinski definition) is 3. The summed E-state index contributed by atoms with van der Waals surface area (Å²) in [5, 5.41) is 11.5. The highest BCUT2D eigenvalue weighted by Gasteiger charge is 2.28. The van der Waals surface area contributed by atoms with E-state index < -0.39 is 28.0 Å². The summed E-state index contributed by atoms with van der Waals surface area (Å²) in [6.07, 6.45) is 0. The molecule has 0 aliphatic heterocycles. The number of carboxylic acid groups (broad SMARTS) is 1. The van der Waals surface area contributed by atoms with Crippen molar-refractivity contribution in [2.75, 3.05) is 5.32 Å². The highest BCUT2D eigenvalue weighted by atomic mass is 32.2. The molecule has 8 heteroatoms. The van der Waals surface area contributed by atoms with E-state index in [1.807, 2.05) is 0 Å². The highest BCUT2D eigenvalue weighted by molar-refractivity contribution is 7.89. The van der Waals surface area contributed by atoms with Crippen LogP contribution in [0.3, 0.4) is 0 Å². The van der Waals surface area contributed by atoms with Gasteiger partial charge in [0.2, 0.25) is 15.9 Å². The van der Waals surface area contributed by atoms with Crippen LogP contribution < -0.4 is 10.0 Å². The van der Waals surface area contributed by atoms with Crippen molar-refractivity contribution < 1.29 is 23.1 Å². The van der Waals surface area contributed by atoms with E-state index in [0.717, 1.165) is 0 Å². The second-order valence-electron chi connectivity index (χ2n) is 4.89. The normalized spacial score (nSPS) is 13.0. The first-order chi connectivity index (χ1) is 9.63. The van der Waals surface area contributed by atoms with E-state index in [1.54, 1.807) is 13.8 Å². The van der Waals surface area contributed by atoms with Gasteiger partial charge in [-0.05, 0) is 24.1 Å². The third-order valence-electron chi connectivity index (χ3n) is 2.68. The molecule has 0 saturated carbocycles. The molecular formula is C13H18N2O5S. The van der Waals surface area contributed by atoms with Gasteiger partial charge in [-0.2, -0.15) is 4.72 Å². The van der Waals surface area contributed by atoms with Crippen molar-refractivity contribution in [1.29, 1.82) is 0 Å². The lowest BCUT2D eigenvalue weighted by molar-refractivity contribution is -0.140. The van der Waals surface area contributed by atoms with E-state index in [9.17, 15) is 18.0 Å². The molecule has 1 unspecified atom stereocenters. The lowest BCUT2D eigenvalue weighted by Crippen LogP contribution is -2.44. The molecule has 0 saturated heterocycles. The maximum atomic E-state index is 12.2. The van der Waals surface area contributed by atoms with Crippen molar-refractivity contribution in [3.05, 3.63) is 24.3 Å². The van der Waals surface area contributed by atoms with Crippen LogP contribution in [0, 0.1) is 5.92 Å². The minimum absolute atomic E-state index is 0.111. The lowest BCUT2D eigenvalue weighted by Gasteiger charge is -2.18. The predicted octanol–water partition coefficient (Wildman–Crippen LogP) is 1.03. The maximum absolute atomic E-state index is 12.2. The number of carbonyl (C=O) groups is 2. The first kappa shape index (κ1) is 17.1. The minimum Gasteiger partial charge on any atom is -0.480 e. The molecule has 21 heavy (non-hydrogen) atoms. The van der Waals surface area contributed by atoms with Gasteiger partial charge in [-0.3, -0.25) is 9.59 Å². The standard InChI is InChI=1S/C13H18N2O5S/c1-8(2)12(13(17)18)15-21(19,20)11-6-4-5-10(7-11)14-9(3)16/h4-8,12,15H,1-3H3,(H,14,16)(H,17,18). The summed E-state index contributed by atoms with van der Waals surface area (Å²) in [6.45, 7) is 4.52. The molecule has 7 nitrogen and oxygen atoms in total. The second kappa shape index (κ2) is 6.68. The van der Waals surface area contributed by atoms with Gasteiger partial charge in [-0.1, -0.05) is 19.9 Å². The van der Waals surface area contributed by atoms with Crippen LogP contribution in [0.25, 0.3) is 0 Å². The SMILES string of the molecule is CC(=O)Nc1cccc(S(=O)(=O)NC(C(=O)O)C(C)C)c1. The molecule has 1 aromatic carbocycles. The summed E-state index contributed by atoms with van der Waals surface area (Å²) in [5.74, 6) is -1.98. The van der Waals surface area contributed by atoms with Crippen LogP contribution >= 0.6 is 0 Å². The first-order valence-corrected chi connectivity index (χ1v) is 7.74. The average Bonchev–Trinajstić information content (AvgIpc) is 2.35. The largest absolute Gasteiger partial charge is 0.480 e. The maximum Gasteiger partial charge on any atom is 0.322 e. The van der Waals surface area contributed by atoms with Crippen LogP contribution in [-0.4, -0.2) is 31.4 Å². The fraction of sp³-hybridized carbons (Fsp3) is 0.385. The summed E-state index contributed by atoms with van der Waals surface area (Å²) in [4.78, 5) is 21.9. The Morgan fingerprint density at radius 3 is 2.33 bits per heavy atom. The Balaban J connectivity index is 3.07. The van der Waals surface area contributed by atoms with Gasteiger partial charge < -0.3 is 10.4 Å². The molecule has 0 spiro atoms. The molecule has 1 atom stereocenters. The molecule has 1 rings (SSSR count). The van der Waals surface area contributed by atoms with E-state index in [0.29, 0.717) is 5.69 Å². The van der Waals surface area contributed by atoms with E-state index in [4.69, 9.17) is 5.11 Å². The van der Waals surface area contributed by atoms with Gasteiger partial charge in [0.25, 0.3) is 0 Å². The van der Waals surface area contributed by atoms with E-state index in [2.05, 4.69) is 10.0 Å². The van der Waals surface area contributed by atoms with Gasteiger partial charge in [0, 0.05) is 12.6 Å². The number of carboxylic acids is 1. The van der Waals surface area contributed by atoms with Crippen molar-refractivity contribution >= 4 is 27.6 Å². The van der Waals surface area contributed by atoms with Crippen LogP contribution in [0.2, 0.25) is 0 Å². The number of benzene rings is 1. The Bertz CT molecular complexity index is 640. The third kappa shape index (κ3) is 4.83. The Kier molecular flexibility index (Phi) is 5.45. The van der Waals surface area contributed by atoms with Gasteiger partial charge in [0.15, 0.2) is 0 Å². The Hall–Kier alpha value is -1.93. The highest BCUT2D eigenvalue weighted by Crippen LogP contribution is 2.17.